The minimum Gasteiger partial charge on any atom is -0.354 e. The second-order valence-corrected chi connectivity index (χ2v) is 5.20. The fourth-order valence-electron chi connectivity index (χ4n) is 1.98. The Morgan fingerprint density at radius 2 is 2.07 bits per heavy atom. The first-order valence-electron chi connectivity index (χ1n) is 5.24. The van der Waals surface area contributed by atoms with Crippen LogP contribution in [0.4, 0.5) is 0 Å². The number of hydrogen-bond acceptors (Lipinski definition) is 3. The van der Waals surface area contributed by atoms with E-state index >= 15 is 0 Å². The number of amides is 1. The van der Waals surface area contributed by atoms with Gasteiger partial charge in [-0.3, -0.25) is 4.79 Å². The zero-order chi connectivity index (χ0) is 10.4. The van der Waals surface area contributed by atoms with Crippen molar-refractivity contribution in [3.63, 3.8) is 0 Å². The Balaban J connectivity index is 2.39. The van der Waals surface area contributed by atoms with E-state index in [9.17, 15) is 4.79 Å². The molecule has 0 atom stereocenters. The van der Waals surface area contributed by atoms with Crippen molar-refractivity contribution < 1.29 is 4.79 Å². The Labute approximate surface area is 90.2 Å². The van der Waals surface area contributed by atoms with Crippen LogP contribution in [0.5, 0.6) is 0 Å². The van der Waals surface area contributed by atoms with Gasteiger partial charge in [0.15, 0.2) is 0 Å². The van der Waals surface area contributed by atoms with Crippen LogP contribution >= 0.6 is 11.8 Å². The minimum absolute atomic E-state index is 0.0380. The van der Waals surface area contributed by atoms with E-state index in [0.29, 0.717) is 0 Å². The average molecular weight is 216 g/mol. The van der Waals surface area contributed by atoms with Crippen molar-refractivity contribution in [1.82, 2.24) is 5.32 Å². The predicted molar refractivity (Wildman–Crippen MR) is 61.4 cm³/mol. The van der Waals surface area contributed by atoms with E-state index in [1.54, 1.807) is 0 Å². The lowest BCUT2D eigenvalue weighted by atomic mass is 9.88. The highest BCUT2D eigenvalue weighted by Crippen LogP contribution is 2.37. The molecule has 0 aliphatic heterocycles. The van der Waals surface area contributed by atoms with E-state index in [4.69, 9.17) is 5.73 Å². The Hall–Kier alpha value is -0.220. The van der Waals surface area contributed by atoms with Gasteiger partial charge in [0.25, 0.3) is 0 Å². The molecule has 0 saturated heterocycles. The van der Waals surface area contributed by atoms with Gasteiger partial charge in [-0.1, -0.05) is 19.3 Å². The topological polar surface area (TPSA) is 55.1 Å². The van der Waals surface area contributed by atoms with Gasteiger partial charge in [-0.05, 0) is 19.1 Å². The number of carbonyl (C=O) groups is 1. The lowest BCUT2D eigenvalue weighted by Gasteiger charge is -2.35. The highest BCUT2D eigenvalue weighted by Gasteiger charge is 2.31. The van der Waals surface area contributed by atoms with E-state index < -0.39 is 0 Å². The van der Waals surface area contributed by atoms with Crippen LogP contribution in [0, 0.1) is 0 Å². The zero-order valence-electron chi connectivity index (χ0n) is 8.84. The van der Waals surface area contributed by atoms with Crippen LogP contribution in [-0.2, 0) is 4.79 Å². The SMILES string of the molecule is CSC1(CNC(=O)CN)CCCCC1. The smallest absolute Gasteiger partial charge is 0.233 e. The molecule has 0 spiro atoms. The fourth-order valence-corrected chi connectivity index (χ4v) is 2.89. The Morgan fingerprint density at radius 1 is 1.43 bits per heavy atom. The number of nitrogens with one attached hydrogen (secondary N) is 1. The summed E-state index contributed by atoms with van der Waals surface area (Å²) in [5.41, 5.74) is 5.25. The molecule has 0 aromatic carbocycles. The van der Waals surface area contributed by atoms with Crippen molar-refractivity contribution in [2.45, 2.75) is 36.9 Å². The maximum absolute atomic E-state index is 11.1. The minimum atomic E-state index is -0.0380. The molecule has 82 valence electrons. The van der Waals surface area contributed by atoms with Gasteiger partial charge in [0, 0.05) is 11.3 Å². The maximum atomic E-state index is 11.1. The Bertz CT molecular complexity index is 191. The lowest BCUT2D eigenvalue weighted by molar-refractivity contribution is -0.119. The van der Waals surface area contributed by atoms with Gasteiger partial charge in [-0.15, -0.1) is 0 Å². The summed E-state index contributed by atoms with van der Waals surface area (Å²) in [5, 5.41) is 2.91. The first-order chi connectivity index (χ1) is 6.72. The number of nitrogens with two attached hydrogens (primary N) is 1. The van der Waals surface area contributed by atoms with Crippen LogP contribution < -0.4 is 11.1 Å². The van der Waals surface area contributed by atoms with Crippen molar-refractivity contribution >= 4 is 17.7 Å². The third-order valence-corrected chi connectivity index (χ3v) is 4.41. The van der Waals surface area contributed by atoms with Crippen LogP contribution in [0.15, 0.2) is 0 Å². The predicted octanol–water partition coefficient (Wildman–Crippen LogP) is 1.13. The maximum Gasteiger partial charge on any atom is 0.233 e. The Morgan fingerprint density at radius 3 is 2.57 bits per heavy atom. The van der Waals surface area contributed by atoms with Crippen LogP contribution in [0.3, 0.4) is 0 Å². The van der Waals surface area contributed by atoms with Crippen LogP contribution in [0.25, 0.3) is 0 Å². The fraction of sp³-hybridized carbons (Fsp3) is 0.900. The van der Waals surface area contributed by atoms with E-state index in [1.165, 1.54) is 32.1 Å². The molecule has 3 nitrogen and oxygen atoms in total. The largest absolute Gasteiger partial charge is 0.354 e. The van der Waals surface area contributed by atoms with Gasteiger partial charge in [0.2, 0.25) is 5.91 Å². The standard InChI is InChI=1S/C10H20N2OS/c1-14-10(5-3-2-4-6-10)8-12-9(13)7-11/h2-8,11H2,1H3,(H,12,13). The average Bonchev–Trinajstić information content (AvgIpc) is 2.27. The summed E-state index contributed by atoms with van der Waals surface area (Å²) in [4.78, 5) is 11.1. The Kier molecular flexibility index (Phi) is 4.75. The van der Waals surface area contributed by atoms with Crippen molar-refractivity contribution in [3.05, 3.63) is 0 Å². The van der Waals surface area contributed by atoms with Crippen molar-refractivity contribution in [3.8, 4) is 0 Å². The molecule has 14 heavy (non-hydrogen) atoms. The van der Waals surface area contributed by atoms with Crippen LogP contribution in [0.2, 0.25) is 0 Å². The molecule has 0 aromatic rings. The van der Waals surface area contributed by atoms with Gasteiger partial charge >= 0.3 is 0 Å². The summed E-state index contributed by atoms with van der Waals surface area (Å²) in [6.07, 6.45) is 8.50. The van der Waals surface area contributed by atoms with E-state index in [2.05, 4.69) is 11.6 Å². The van der Waals surface area contributed by atoms with E-state index in [-0.39, 0.29) is 17.2 Å². The summed E-state index contributed by atoms with van der Waals surface area (Å²) in [7, 11) is 0. The zero-order valence-corrected chi connectivity index (χ0v) is 9.66. The molecule has 1 rings (SSSR count). The number of rotatable bonds is 4. The molecule has 1 amide bonds. The molecule has 0 heterocycles. The molecule has 0 bridgehead atoms. The first-order valence-corrected chi connectivity index (χ1v) is 6.47. The molecule has 1 aliphatic rings. The third-order valence-electron chi connectivity index (χ3n) is 2.99. The van der Waals surface area contributed by atoms with Crippen molar-refractivity contribution in [2.24, 2.45) is 5.73 Å². The molecule has 1 aliphatic carbocycles. The molecule has 0 unspecified atom stereocenters. The normalized spacial score (nSPS) is 20.4. The number of thioether (sulfide) groups is 1. The first kappa shape index (κ1) is 11.9. The second kappa shape index (κ2) is 5.61. The quantitative estimate of drug-likeness (QED) is 0.740. The van der Waals surface area contributed by atoms with E-state index in [0.717, 1.165) is 6.54 Å². The van der Waals surface area contributed by atoms with Crippen molar-refractivity contribution in [2.75, 3.05) is 19.3 Å². The molecule has 0 aromatic heterocycles. The third kappa shape index (κ3) is 3.17. The van der Waals surface area contributed by atoms with Gasteiger partial charge < -0.3 is 11.1 Å². The number of hydrogen-bond donors (Lipinski definition) is 2. The van der Waals surface area contributed by atoms with Gasteiger partial charge in [0.05, 0.1) is 6.54 Å². The molecule has 0 radical (unpaired) electrons. The van der Waals surface area contributed by atoms with Crippen molar-refractivity contribution in [1.29, 1.82) is 0 Å². The lowest BCUT2D eigenvalue weighted by Crippen LogP contribution is -2.43. The highest BCUT2D eigenvalue weighted by molar-refractivity contribution is 8.00. The number of carbonyl (C=O) groups excluding carboxylic acids is 1. The molecular formula is C10H20N2OS. The van der Waals surface area contributed by atoms with Crippen LogP contribution in [-0.4, -0.2) is 30.0 Å². The van der Waals surface area contributed by atoms with Crippen LogP contribution in [0.1, 0.15) is 32.1 Å². The van der Waals surface area contributed by atoms with Gasteiger partial charge in [0.1, 0.15) is 0 Å². The summed E-state index contributed by atoms with van der Waals surface area (Å²) in [5.74, 6) is -0.0380. The van der Waals surface area contributed by atoms with Gasteiger partial charge in [-0.2, -0.15) is 11.8 Å². The molecule has 1 saturated carbocycles. The summed E-state index contributed by atoms with van der Waals surface area (Å²) in [6, 6.07) is 0. The second-order valence-electron chi connectivity index (χ2n) is 3.93. The molecule has 1 fully saturated rings. The van der Waals surface area contributed by atoms with Gasteiger partial charge in [-0.25, -0.2) is 0 Å². The monoisotopic (exact) mass is 216 g/mol. The summed E-state index contributed by atoms with van der Waals surface area (Å²) in [6.45, 7) is 0.884. The summed E-state index contributed by atoms with van der Waals surface area (Å²) < 4.78 is 0.281. The molecule has 4 heteroatoms. The highest BCUT2D eigenvalue weighted by atomic mass is 32.2. The molecule has 3 N–H and O–H groups in total. The van der Waals surface area contributed by atoms with E-state index in [1.807, 2.05) is 11.8 Å². The molecular weight excluding hydrogens is 196 g/mol. The summed E-state index contributed by atoms with van der Waals surface area (Å²) >= 11 is 1.89.